The molecule has 3 aromatic heterocycles. The number of halogens is 6. The summed E-state index contributed by atoms with van der Waals surface area (Å²) in [5.74, 6) is -4.94. The fourth-order valence-corrected chi connectivity index (χ4v) is 9.91. The van der Waals surface area contributed by atoms with Gasteiger partial charge in [0, 0.05) is 42.3 Å². The summed E-state index contributed by atoms with van der Waals surface area (Å²) in [4.78, 5) is 59.1. The molecule has 0 saturated heterocycles. The lowest BCUT2D eigenvalue weighted by Crippen LogP contribution is -2.56. The molecule has 5 atom stereocenters. The van der Waals surface area contributed by atoms with E-state index in [0.717, 1.165) is 17.2 Å². The first-order valence-electron chi connectivity index (χ1n) is 18.1. The average molecular weight is 862 g/mol. The van der Waals surface area contributed by atoms with Crippen molar-refractivity contribution in [2.75, 3.05) is 13.6 Å². The van der Waals surface area contributed by atoms with E-state index in [4.69, 9.17) is 4.74 Å². The number of sulfonamides is 1. The molecule has 0 spiro atoms. The monoisotopic (exact) mass is 861 g/mol. The van der Waals surface area contributed by atoms with Crippen molar-refractivity contribution in [1.29, 1.82) is 0 Å². The van der Waals surface area contributed by atoms with Crippen LogP contribution in [0.5, 0.6) is 5.88 Å². The van der Waals surface area contributed by atoms with Crippen LogP contribution in [0.4, 0.5) is 26.3 Å². The molecule has 1 aliphatic heterocycles. The van der Waals surface area contributed by atoms with E-state index in [9.17, 15) is 49.1 Å². The van der Waals surface area contributed by atoms with Gasteiger partial charge < -0.3 is 15.0 Å². The molecule has 7 rings (SSSR count). The number of hydrogen-bond donors (Lipinski definition) is 2. The van der Waals surface area contributed by atoms with Crippen molar-refractivity contribution in [2.24, 2.45) is 17.8 Å². The topological polar surface area (TPSA) is 173 Å². The van der Waals surface area contributed by atoms with Crippen LogP contribution in [0.1, 0.15) is 76.1 Å². The van der Waals surface area contributed by atoms with Crippen molar-refractivity contribution >= 4 is 50.4 Å². The molecule has 0 radical (unpaired) electrons. The van der Waals surface area contributed by atoms with Crippen LogP contribution in [-0.2, 0) is 36.8 Å². The van der Waals surface area contributed by atoms with E-state index < -0.39 is 79.7 Å². The summed E-state index contributed by atoms with van der Waals surface area (Å²) in [5.41, 5.74) is -4.20. The van der Waals surface area contributed by atoms with E-state index >= 15 is 0 Å². The number of nitrogens with one attached hydrogen (secondary N) is 2. The van der Waals surface area contributed by atoms with E-state index in [0.29, 0.717) is 54.9 Å². The highest BCUT2D eigenvalue weighted by atomic mass is 32.2. The molecule has 3 saturated carbocycles. The maximum atomic E-state index is 14.3. The Kier molecular flexibility index (Phi) is 10.7. The lowest BCUT2D eigenvalue weighted by Gasteiger charge is -2.37. The average Bonchev–Trinajstić information content (AvgIpc) is 3.85. The maximum absolute atomic E-state index is 14.3. The van der Waals surface area contributed by atoms with Crippen molar-refractivity contribution in [3.05, 3.63) is 40.4 Å². The summed E-state index contributed by atoms with van der Waals surface area (Å²) in [6, 6.07) is 1.18. The van der Waals surface area contributed by atoms with Gasteiger partial charge in [0.25, 0.3) is 5.91 Å². The first kappa shape index (κ1) is 41.0. The minimum Gasteiger partial charge on any atom is -0.474 e. The second-order valence-corrected chi connectivity index (χ2v) is 19.0. The third-order valence-corrected chi connectivity index (χ3v) is 14.8. The van der Waals surface area contributed by atoms with Gasteiger partial charge in [0.05, 0.1) is 10.7 Å². The number of carbonyl (C=O) groups is 3. The molecule has 57 heavy (non-hydrogen) atoms. The SMILES string of the molecule is CN1CCCCC=CC2CC2(C(=O)NS(=O)(=O)C2(C)CC2)NC(=O)C2CC(Oc3cc(-c4nc(C(F)(F)F)cs4)nc(-c4nc(C(F)(F)F)cs4)n3)CCC2C1=O. The molecule has 4 heterocycles. The summed E-state index contributed by atoms with van der Waals surface area (Å²) in [6.45, 7) is 1.96. The highest BCUT2D eigenvalue weighted by molar-refractivity contribution is 7.91. The number of ether oxygens (including phenoxy) is 1. The molecule has 0 bridgehead atoms. The Balaban J connectivity index is 1.19. The quantitative estimate of drug-likeness (QED) is 0.212. The van der Waals surface area contributed by atoms with E-state index in [1.165, 1.54) is 13.0 Å². The second kappa shape index (κ2) is 14.9. The number of fused-ring (bicyclic) bond motifs is 2. The van der Waals surface area contributed by atoms with Gasteiger partial charge in [-0.1, -0.05) is 12.2 Å². The molecule has 2 N–H and O–H groups in total. The van der Waals surface area contributed by atoms with Gasteiger partial charge in [-0.3, -0.25) is 19.1 Å². The molecule has 0 aromatic carbocycles. The Morgan fingerprint density at radius 2 is 1.63 bits per heavy atom. The number of nitrogens with zero attached hydrogens (tertiary/aromatic N) is 5. The minimum absolute atomic E-state index is 0.107. The van der Waals surface area contributed by atoms with Crippen LogP contribution in [0.25, 0.3) is 21.5 Å². The molecular weight excluding hydrogens is 825 g/mol. The molecule has 3 amide bonds. The Bertz CT molecular complexity index is 2130. The zero-order chi connectivity index (χ0) is 41.1. The van der Waals surface area contributed by atoms with Gasteiger partial charge in [0.2, 0.25) is 27.7 Å². The number of allylic oxidation sites excluding steroid dienone is 1. The molecule has 5 unspecified atom stereocenters. The van der Waals surface area contributed by atoms with Crippen molar-refractivity contribution in [3.8, 4) is 27.4 Å². The maximum Gasteiger partial charge on any atom is 0.434 e. The molecule has 13 nitrogen and oxygen atoms in total. The number of aromatic nitrogens is 4. The lowest BCUT2D eigenvalue weighted by molar-refractivity contribution is -0.145. The molecule has 22 heteroatoms. The highest BCUT2D eigenvalue weighted by Gasteiger charge is 2.63. The summed E-state index contributed by atoms with van der Waals surface area (Å²) >= 11 is 1.16. The Morgan fingerprint density at radius 3 is 2.28 bits per heavy atom. The van der Waals surface area contributed by atoms with Crippen LogP contribution in [0, 0.1) is 17.8 Å². The van der Waals surface area contributed by atoms with E-state index in [2.05, 4.69) is 30.0 Å². The zero-order valence-electron chi connectivity index (χ0n) is 30.4. The van der Waals surface area contributed by atoms with Gasteiger partial charge in [-0.2, -0.15) is 31.3 Å². The second-order valence-electron chi connectivity index (χ2n) is 15.1. The summed E-state index contributed by atoms with van der Waals surface area (Å²) < 4.78 is 114. The van der Waals surface area contributed by atoms with Crippen LogP contribution in [0.2, 0.25) is 0 Å². The standard InChI is InChI=1S/C35H37F6N7O6S3/c1-32(10-11-32)57(52,53)47-31(51)33-15-18(33)7-5-3-4-6-12-48(2)30(50)20-9-8-19(13-21(20)27(49)46-33)54-25-14-22(28-43-23(16-55-28)34(36,37)38)42-26(45-25)29-44-24(17-56-29)35(39,40)41/h5,7,14,16-21H,3-4,6,8-13,15H2,1-2H3,(H,46,49)(H,47,51). The van der Waals surface area contributed by atoms with E-state index in [1.54, 1.807) is 18.0 Å². The van der Waals surface area contributed by atoms with Crippen molar-refractivity contribution in [1.82, 2.24) is 34.9 Å². The van der Waals surface area contributed by atoms with Crippen LogP contribution in [-0.4, -0.2) is 81.0 Å². The zero-order valence-corrected chi connectivity index (χ0v) is 32.9. The highest BCUT2D eigenvalue weighted by Crippen LogP contribution is 2.48. The van der Waals surface area contributed by atoms with Crippen LogP contribution < -0.4 is 14.8 Å². The first-order valence-corrected chi connectivity index (χ1v) is 21.4. The molecule has 3 aliphatic carbocycles. The third kappa shape index (κ3) is 8.53. The third-order valence-electron chi connectivity index (χ3n) is 10.9. The van der Waals surface area contributed by atoms with Gasteiger partial charge in [-0.05, 0) is 64.7 Å². The number of thiazole rings is 2. The number of alkyl halides is 6. The molecule has 3 aromatic rings. The van der Waals surface area contributed by atoms with Crippen LogP contribution >= 0.6 is 22.7 Å². The number of carbonyl (C=O) groups excluding carboxylic acids is 3. The van der Waals surface area contributed by atoms with Crippen molar-refractivity contribution in [2.45, 2.75) is 93.5 Å². The normalized spacial score (nSPS) is 26.8. The van der Waals surface area contributed by atoms with E-state index in [1.807, 2.05) is 6.08 Å². The molecule has 4 aliphatic rings. The fourth-order valence-electron chi connectivity index (χ4n) is 7.05. The smallest absolute Gasteiger partial charge is 0.434 e. The number of amides is 3. The van der Waals surface area contributed by atoms with E-state index in [-0.39, 0.29) is 59.0 Å². The largest absolute Gasteiger partial charge is 0.474 e. The molecule has 308 valence electrons. The number of hydrogen-bond acceptors (Lipinski definition) is 12. The fraction of sp³-hybridized carbons (Fsp3) is 0.571. The molecule has 3 fully saturated rings. The van der Waals surface area contributed by atoms with Gasteiger partial charge >= 0.3 is 12.4 Å². The molecular formula is C35H37F6N7O6S3. The Hall–Kier alpha value is -4.18. The Labute approximate surface area is 330 Å². The lowest BCUT2D eigenvalue weighted by atomic mass is 9.76. The van der Waals surface area contributed by atoms with Crippen molar-refractivity contribution < 1.29 is 53.9 Å². The van der Waals surface area contributed by atoms with Gasteiger partial charge in [-0.25, -0.2) is 23.4 Å². The minimum atomic E-state index is -4.79. The van der Waals surface area contributed by atoms with Crippen LogP contribution in [0.3, 0.4) is 0 Å². The van der Waals surface area contributed by atoms with Gasteiger partial charge in [-0.15, -0.1) is 22.7 Å². The van der Waals surface area contributed by atoms with Crippen LogP contribution in [0.15, 0.2) is 29.0 Å². The summed E-state index contributed by atoms with van der Waals surface area (Å²) in [5, 5.41) is 3.80. The summed E-state index contributed by atoms with van der Waals surface area (Å²) in [7, 11) is -2.42. The summed E-state index contributed by atoms with van der Waals surface area (Å²) in [6.07, 6.45) is -3.60. The van der Waals surface area contributed by atoms with Gasteiger partial charge in [0.1, 0.15) is 22.3 Å². The predicted molar refractivity (Wildman–Crippen MR) is 194 cm³/mol. The first-order chi connectivity index (χ1) is 26.7. The predicted octanol–water partition coefficient (Wildman–Crippen LogP) is 6.00. The Morgan fingerprint density at radius 1 is 0.965 bits per heavy atom. The number of rotatable bonds is 7. The van der Waals surface area contributed by atoms with Gasteiger partial charge in [0.15, 0.2) is 22.2 Å². The van der Waals surface area contributed by atoms with Crippen molar-refractivity contribution in [3.63, 3.8) is 0 Å².